The smallest absolute Gasteiger partial charge is 0.229 e. The third-order valence-electron chi connectivity index (χ3n) is 6.52. The molecule has 5 heterocycles. The molecular formula is C28H15N3O2. The van der Waals surface area contributed by atoms with E-state index in [2.05, 4.69) is 75.2 Å². The van der Waals surface area contributed by atoms with E-state index in [9.17, 15) is 0 Å². The summed E-state index contributed by atoms with van der Waals surface area (Å²) in [6.45, 7) is 0. The number of benzene rings is 3. The lowest BCUT2D eigenvalue weighted by molar-refractivity contribution is 0.648. The summed E-state index contributed by atoms with van der Waals surface area (Å²) in [7, 11) is 0. The Morgan fingerprint density at radius 2 is 1.15 bits per heavy atom. The number of hydrogen-bond donors (Lipinski definition) is 0. The molecule has 0 saturated heterocycles. The van der Waals surface area contributed by atoms with Crippen LogP contribution in [0.1, 0.15) is 0 Å². The second kappa shape index (κ2) is 5.99. The third-order valence-corrected chi connectivity index (χ3v) is 6.52. The van der Waals surface area contributed by atoms with Gasteiger partial charge in [0.05, 0.1) is 21.8 Å². The molecule has 0 spiro atoms. The lowest BCUT2D eigenvalue weighted by Gasteiger charge is -2.13. The van der Waals surface area contributed by atoms with Gasteiger partial charge < -0.3 is 13.4 Å². The van der Waals surface area contributed by atoms with Crippen LogP contribution in [-0.4, -0.2) is 14.5 Å². The first kappa shape index (κ1) is 17.0. The standard InChI is InChI=1S/C28H15N3O2/c1-2-5-16(6-3-1)17-7-4-8-18(15-17)31-19-11-13-29-27-23(19)25-21(32-27)9-10-22-26(25)24-20(31)12-14-30-28(24)33-22/h1-15H. The Bertz CT molecular complexity index is 1870. The molecule has 3 aromatic carbocycles. The van der Waals surface area contributed by atoms with E-state index in [4.69, 9.17) is 8.83 Å². The molecule has 33 heavy (non-hydrogen) atoms. The van der Waals surface area contributed by atoms with Crippen LogP contribution in [0, 0.1) is 0 Å². The van der Waals surface area contributed by atoms with E-state index >= 15 is 0 Å². The van der Waals surface area contributed by atoms with Gasteiger partial charge in [-0.2, -0.15) is 0 Å². The largest absolute Gasteiger partial charge is 0.438 e. The lowest BCUT2D eigenvalue weighted by atomic mass is 10.1. The minimum atomic E-state index is 0.620. The fraction of sp³-hybridized carbons (Fsp3) is 0. The maximum absolute atomic E-state index is 6.17. The van der Waals surface area contributed by atoms with Crippen LogP contribution in [0.3, 0.4) is 0 Å². The van der Waals surface area contributed by atoms with Crippen LogP contribution in [0.2, 0.25) is 0 Å². The van der Waals surface area contributed by atoms with Gasteiger partial charge in [0.2, 0.25) is 11.4 Å². The normalized spacial score (nSPS) is 12.2. The molecule has 5 heteroatoms. The summed E-state index contributed by atoms with van der Waals surface area (Å²) in [5.41, 5.74) is 8.27. The van der Waals surface area contributed by atoms with E-state index in [1.807, 2.05) is 30.6 Å². The van der Waals surface area contributed by atoms with Gasteiger partial charge in [0.25, 0.3) is 0 Å². The fourth-order valence-electron chi connectivity index (χ4n) is 5.17. The Kier molecular flexibility index (Phi) is 3.08. The van der Waals surface area contributed by atoms with Gasteiger partial charge in [-0.15, -0.1) is 0 Å². The molecular weight excluding hydrogens is 410 g/mol. The third kappa shape index (κ3) is 2.16. The SMILES string of the molecule is c1ccc(-c2cccc(-n3c4ccnc5oc6ccc7oc8nccc3c8c7c6c54)c2)cc1. The molecule has 154 valence electrons. The molecule has 0 atom stereocenters. The maximum Gasteiger partial charge on any atom is 0.229 e. The zero-order chi connectivity index (χ0) is 21.5. The van der Waals surface area contributed by atoms with Crippen LogP contribution in [-0.2, 0) is 0 Å². The van der Waals surface area contributed by atoms with Crippen molar-refractivity contribution in [2.75, 3.05) is 0 Å². The van der Waals surface area contributed by atoms with E-state index in [-0.39, 0.29) is 0 Å². The summed E-state index contributed by atoms with van der Waals surface area (Å²) in [6, 6.07) is 27.0. The molecule has 0 fully saturated rings. The number of pyridine rings is 2. The summed E-state index contributed by atoms with van der Waals surface area (Å²) in [5.74, 6) is 0. The summed E-state index contributed by atoms with van der Waals surface area (Å²) in [6.07, 6.45) is 3.62. The number of aromatic nitrogens is 3. The van der Waals surface area contributed by atoms with Crippen molar-refractivity contribution in [2.24, 2.45) is 0 Å². The van der Waals surface area contributed by atoms with Gasteiger partial charge in [0, 0.05) is 28.9 Å². The van der Waals surface area contributed by atoms with Crippen LogP contribution in [0.25, 0.3) is 72.0 Å². The highest BCUT2D eigenvalue weighted by Crippen LogP contribution is 2.44. The van der Waals surface area contributed by atoms with Gasteiger partial charge in [-0.1, -0.05) is 42.5 Å². The second-order valence-corrected chi connectivity index (χ2v) is 8.29. The summed E-state index contributed by atoms with van der Waals surface area (Å²) in [5, 5.41) is 4.03. The van der Waals surface area contributed by atoms with Gasteiger partial charge in [-0.25, -0.2) is 9.97 Å². The molecule has 0 radical (unpaired) electrons. The Morgan fingerprint density at radius 1 is 0.545 bits per heavy atom. The van der Waals surface area contributed by atoms with E-state index in [1.54, 1.807) is 0 Å². The first-order valence-corrected chi connectivity index (χ1v) is 10.8. The molecule has 0 aliphatic carbocycles. The molecule has 0 aliphatic heterocycles. The Labute approximate surface area is 186 Å². The second-order valence-electron chi connectivity index (χ2n) is 8.29. The molecule has 0 bridgehead atoms. The van der Waals surface area contributed by atoms with Crippen molar-refractivity contribution in [1.29, 1.82) is 0 Å². The van der Waals surface area contributed by atoms with Gasteiger partial charge in [0.1, 0.15) is 11.2 Å². The van der Waals surface area contributed by atoms with Gasteiger partial charge in [-0.05, 0) is 47.5 Å². The van der Waals surface area contributed by atoms with E-state index in [1.165, 1.54) is 5.56 Å². The average molecular weight is 425 g/mol. The van der Waals surface area contributed by atoms with Crippen LogP contribution in [0.5, 0.6) is 0 Å². The quantitative estimate of drug-likeness (QED) is 0.291. The number of rotatable bonds is 2. The highest BCUT2D eigenvalue weighted by molar-refractivity contribution is 6.31. The first-order chi connectivity index (χ1) is 16.4. The molecule has 5 aromatic heterocycles. The molecule has 8 aromatic rings. The Morgan fingerprint density at radius 3 is 1.79 bits per heavy atom. The van der Waals surface area contributed by atoms with Crippen LogP contribution < -0.4 is 0 Å². The van der Waals surface area contributed by atoms with Gasteiger partial charge >= 0.3 is 0 Å². The first-order valence-electron chi connectivity index (χ1n) is 10.8. The van der Waals surface area contributed by atoms with Crippen molar-refractivity contribution in [1.82, 2.24) is 14.5 Å². The van der Waals surface area contributed by atoms with Gasteiger partial charge in [0.15, 0.2) is 0 Å². The van der Waals surface area contributed by atoms with Crippen LogP contribution in [0.15, 0.2) is 100 Å². The maximum atomic E-state index is 6.17. The molecule has 0 N–H and O–H groups in total. The van der Waals surface area contributed by atoms with Gasteiger partial charge in [-0.3, -0.25) is 0 Å². The molecule has 5 nitrogen and oxygen atoms in total. The van der Waals surface area contributed by atoms with Crippen LogP contribution >= 0.6 is 0 Å². The number of nitrogens with zero attached hydrogens (tertiary/aromatic N) is 3. The Balaban J connectivity index is 1.63. The average Bonchev–Trinajstić information content (AvgIpc) is 3.39. The van der Waals surface area contributed by atoms with Crippen molar-refractivity contribution in [2.45, 2.75) is 0 Å². The van der Waals surface area contributed by atoms with Crippen molar-refractivity contribution < 1.29 is 8.83 Å². The minimum absolute atomic E-state index is 0.620. The summed E-state index contributed by atoms with van der Waals surface area (Å²) < 4.78 is 14.6. The fourth-order valence-corrected chi connectivity index (χ4v) is 5.17. The van der Waals surface area contributed by atoms with Crippen molar-refractivity contribution in [3.63, 3.8) is 0 Å². The highest BCUT2D eigenvalue weighted by Gasteiger charge is 2.23. The monoisotopic (exact) mass is 425 g/mol. The number of furan rings is 2. The zero-order valence-corrected chi connectivity index (χ0v) is 17.3. The van der Waals surface area contributed by atoms with Crippen LogP contribution in [0.4, 0.5) is 0 Å². The van der Waals surface area contributed by atoms with E-state index in [0.717, 1.165) is 55.0 Å². The predicted octanol–water partition coefficient (Wildman–Crippen LogP) is 7.32. The topological polar surface area (TPSA) is 57.0 Å². The Hall–Kier alpha value is -4.64. The van der Waals surface area contributed by atoms with E-state index < -0.39 is 0 Å². The highest BCUT2D eigenvalue weighted by atomic mass is 16.3. The molecule has 0 aliphatic rings. The van der Waals surface area contributed by atoms with Crippen molar-refractivity contribution in [3.05, 3.63) is 91.3 Å². The molecule has 0 saturated carbocycles. The minimum Gasteiger partial charge on any atom is -0.438 e. The zero-order valence-electron chi connectivity index (χ0n) is 17.3. The van der Waals surface area contributed by atoms with Crippen molar-refractivity contribution >= 4 is 55.2 Å². The number of hydrogen-bond acceptors (Lipinski definition) is 4. The lowest BCUT2D eigenvalue weighted by Crippen LogP contribution is -1.98. The predicted molar refractivity (Wildman–Crippen MR) is 130 cm³/mol. The van der Waals surface area contributed by atoms with Crippen molar-refractivity contribution in [3.8, 4) is 16.8 Å². The molecule has 8 rings (SSSR count). The summed E-state index contributed by atoms with van der Waals surface area (Å²) in [4.78, 5) is 9.10. The van der Waals surface area contributed by atoms with E-state index in [0.29, 0.717) is 11.4 Å². The molecule has 0 amide bonds. The summed E-state index contributed by atoms with van der Waals surface area (Å²) >= 11 is 0. The molecule has 0 unspecified atom stereocenters.